The van der Waals surface area contributed by atoms with Gasteiger partial charge in [-0.05, 0) is 43.0 Å². The molecular weight excluding hydrogens is 324 g/mol. The third-order valence-corrected chi connectivity index (χ3v) is 5.19. The van der Waals surface area contributed by atoms with Crippen molar-refractivity contribution in [3.05, 3.63) is 60.4 Å². The summed E-state index contributed by atoms with van der Waals surface area (Å²) in [7, 11) is 0. The number of pyridine rings is 1. The highest BCUT2D eigenvalue weighted by Crippen LogP contribution is 2.22. The molecule has 5 heteroatoms. The van der Waals surface area contributed by atoms with E-state index in [-0.39, 0.29) is 5.91 Å². The van der Waals surface area contributed by atoms with Crippen LogP contribution in [0.15, 0.2) is 54.9 Å². The summed E-state index contributed by atoms with van der Waals surface area (Å²) in [5.41, 5.74) is 4.11. The lowest BCUT2D eigenvalue weighted by Gasteiger charge is -2.33. The number of nitrogens with one attached hydrogen (secondary N) is 2. The van der Waals surface area contributed by atoms with E-state index >= 15 is 0 Å². The molecule has 0 atom stereocenters. The molecule has 3 heterocycles. The normalized spacial score (nSPS) is 15.3. The fourth-order valence-corrected chi connectivity index (χ4v) is 3.67. The quantitative estimate of drug-likeness (QED) is 0.745. The molecule has 1 aliphatic heterocycles. The van der Waals surface area contributed by atoms with Gasteiger partial charge in [-0.1, -0.05) is 18.2 Å². The fourth-order valence-electron chi connectivity index (χ4n) is 3.67. The van der Waals surface area contributed by atoms with E-state index in [0.717, 1.165) is 49.1 Å². The zero-order valence-electron chi connectivity index (χ0n) is 14.8. The van der Waals surface area contributed by atoms with Crippen LogP contribution in [0.25, 0.3) is 11.0 Å². The molecule has 1 aromatic carbocycles. The molecule has 26 heavy (non-hydrogen) atoms. The first-order valence-corrected chi connectivity index (χ1v) is 9.27. The lowest BCUT2D eigenvalue weighted by molar-refractivity contribution is -0.120. The maximum atomic E-state index is 12.3. The van der Waals surface area contributed by atoms with Crippen molar-refractivity contribution >= 4 is 22.6 Å². The lowest BCUT2D eigenvalue weighted by atomic mass is 9.96. The Balaban J connectivity index is 1.25. The molecule has 0 unspecified atom stereocenters. The Labute approximate surface area is 153 Å². The zero-order chi connectivity index (χ0) is 17.8. The van der Waals surface area contributed by atoms with Crippen molar-refractivity contribution < 1.29 is 4.79 Å². The summed E-state index contributed by atoms with van der Waals surface area (Å²) in [6.45, 7) is 2.87. The number of fused-ring (bicyclic) bond motifs is 1. The van der Waals surface area contributed by atoms with Crippen LogP contribution in [0.1, 0.15) is 18.4 Å². The molecule has 2 aromatic heterocycles. The highest BCUT2D eigenvalue weighted by molar-refractivity contribution is 5.86. The van der Waals surface area contributed by atoms with E-state index in [1.54, 1.807) is 6.20 Å². The number of hydrogen-bond donors (Lipinski definition) is 2. The Kier molecular flexibility index (Phi) is 4.86. The topological polar surface area (TPSA) is 61.0 Å². The van der Waals surface area contributed by atoms with Crippen LogP contribution in [0, 0.1) is 5.92 Å². The molecule has 1 amide bonds. The highest BCUT2D eigenvalue weighted by atomic mass is 16.1. The van der Waals surface area contributed by atoms with Crippen molar-refractivity contribution in [3.8, 4) is 0 Å². The SMILES string of the molecule is O=C(Cc1c[nH]c2cccnc12)NCC1CCN(c2ccccc2)CC1. The van der Waals surface area contributed by atoms with Crippen LogP contribution in [0.5, 0.6) is 0 Å². The summed E-state index contributed by atoms with van der Waals surface area (Å²) in [5, 5.41) is 3.11. The minimum Gasteiger partial charge on any atom is -0.372 e. The van der Waals surface area contributed by atoms with Crippen molar-refractivity contribution in [2.45, 2.75) is 19.3 Å². The van der Waals surface area contributed by atoms with Gasteiger partial charge in [-0.15, -0.1) is 0 Å². The van der Waals surface area contributed by atoms with Crippen molar-refractivity contribution in [1.82, 2.24) is 15.3 Å². The minimum absolute atomic E-state index is 0.0713. The van der Waals surface area contributed by atoms with Gasteiger partial charge in [0, 0.05) is 43.3 Å². The molecule has 0 bridgehead atoms. The number of H-pyrrole nitrogens is 1. The van der Waals surface area contributed by atoms with E-state index < -0.39 is 0 Å². The zero-order valence-corrected chi connectivity index (χ0v) is 14.8. The first-order chi connectivity index (χ1) is 12.8. The monoisotopic (exact) mass is 348 g/mol. The number of amides is 1. The third kappa shape index (κ3) is 3.72. The largest absolute Gasteiger partial charge is 0.372 e. The molecule has 0 radical (unpaired) electrons. The second-order valence-electron chi connectivity index (χ2n) is 6.96. The van der Waals surface area contributed by atoms with E-state index in [1.807, 2.05) is 18.3 Å². The van der Waals surface area contributed by atoms with E-state index in [2.05, 4.69) is 50.5 Å². The van der Waals surface area contributed by atoms with Gasteiger partial charge in [0.2, 0.25) is 5.91 Å². The second-order valence-corrected chi connectivity index (χ2v) is 6.96. The molecule has 0 aliphatic carbocycles. The number of benzene rings is 1. The smallest absolute Gasteiger partial charge is 0.224 e. The number of piperidine rings is 1. The summed E-state index contributed by atoms with van der Waals surface area (Å²) in [5.74, 6) is 0.627. The van der Waals surface area contributed by atoms with Crippen molar-refractivity contribution in [3.63, 3.8) is 0 Å². The predicted octanol–water partition coefficient (Wildman–Crippen LogP) is 3.14. The van der Waals surface area contributed by atoms with Crippen LogP contribution >= 0.6 is 0 Å². The third-order valence-electron chi connectivity index (χ3n) is 5.19. The van der Waals surface area contributed by atoms with Gasteiger partial charge in [0.05, 0.1) is 17.5 Å². The Morgan fingerprint density at radius 2 is 1.96 bits per heavy atom. The molecule has 1 fully saturated rings. The highest BCUT2D eigenvalue weighted by Gasteiger charge is 2.20. The first-order valence-electron chi connectivity index (χ1n) is 9.27. The molecule has 1 aliphatic rings. The average molecular weight is 348 g/mol. The van der Waals surface area contributed by atoms with Crippen molar-refractivity contribution in [2.24, 2.45) is 5.92 Å². The number of anilines is 1. The number of rotatable bonds is 5. The molecule has 1 saturated heterocycles. The second kappa shape index (κ2) is 7.60. The molecule has 4 rings (SSSR count). The van der Waals surface area contributed by atoms with Crippen LogP contribution in [0.3, 0.4) is 0 Å². The minimum atomic E-state index is 0.0713. The number of hydrogen-bond acceptors (Lipinski definition) is 3. The Morgan fingerprint density at radius 3 is 2.77 bits per heavy atom. The molecule has 0 spiro atoms. The van der Waals surface area contributed by atoms with Gasteiger partial charge in [-0.3, -0.25) is 9.78 Å². The van der Waals surface area contributed by atoms with E-state index in [1.165, 1.54) is 5.69 Å². The van der Waals surface area contributed by atoms with Gasteiger partial charge in [-0.2, -0.15) is 0 Å². The summed E-state index contributed by atoms with van der Waals surface area (Å²) < 4.78 is 0. The molecule has 2 N–H and O–H groups in total. The van der Waals surface area contributed by atoms with Crippen LogP contribution in [-0.4, -0.2) is 35.5 Å². The summed E-state index contributed by atoms with van der Waals surface area (Å²) >= 11 is 0. The summed E-state index contributed by atoms with van der Waals surface area (Å²) in [6, 6.07) is 14.4. The van der Waals surface area contributed by atoms with Gasteiger partial charge in [0.1, 0.15) is 0 Å². The van der Waals surface area contributed by atoms with Gasteiger partial charge in [-0.25, -0.2) is 0 Å². The van der Waals surface area contributed by atoms with Gasteiger partial charge in [0.25, 0.3) is 0 Å². The first kappa shape index (κ1) is 16.6. The van der Waals surface area contributed by atoms with Crippen molar-refractivity contribution in [1.29, 1.82) is 0 Å². The number of para-hydroxylation sites is 1. The number of carbonyl (C=O) groups excluding carboxylic acids is 1. The molecular formula is C21H24N4O. The summed E-state index contributed by atoms with van der Waals surface area (Å²) in [4.78, 5) is 22.3. The maximum Gasteiger partial charge on any atom is 0.224 e. The number of carbonyl (C=O) groups is 1. The Bertz CT molecular complexity index is 866. The number of nitrogens with zero attached hydrogens (tertiary/aromatic N) is 2. The lowest BCUT2D eigenvalue weighted by Crippen LogP contribution is -2.39. The van der Waals surface area contributed by atoms with E-state index in [0.29, 0.717) is 12.3 Å². The molecule has 134 valence electrons. The van der Waals surface area contributed by atoms with E-state index in [9.17, 15) is 4.79 Å². The Hall–Kier alpha value is -2.82. The number of aromatic amines is 1. The van der Waals surface area contributed by atoms with Crippen LogP contribution in [0.2, 0.25) is 0 Å². The maximum absolute atomic E-state index is 12.3. The standard InChI is InChI=1S/C21H24N4O/c26-20(13-17-15-23-19-7-4-10-22-21(17)19)24-14-16-8-11-25(12-9-16)18-5-2-1-3-6-18/h1-7,10,15-16,23H,8-9,11-14H2,(H,24,26). The van der Waals surface area contributed by atoms with Crippen LogP contribution in [0.4, 0.5) is 5.69 Å². The van der Waals surface area contributed by atoms with E-state index in [4.69, 9.17) is 0 Å². The predicted molar refractivity (Wildman–Crippen MR) is 104 cm³/mol. The van der Waals surface area contributed by atoms with Gasteiger partial charge >= 0.3 is 0 Å². The summed E-state index contributed by atoms with van der Waals surface area (Å²) in [6.07, 6.45) is 6.25. The molecule has 5 nitrogen and oxygen atoms in total. The molecule has 0 saturated carbocycles. The van der Waals surface area contributed by atoms with Crippen LogP contribution < -0.4 is 10.2 Å². The molecule has 3 aromatic rings. The van der Waals surface area contributed by atoms with Crippen molar-refractivity contribution in [2.75, 3.05) is 24.5 Å². The number of aromatic nitrogens is 2. The fraction of sp³-hybridized carbons (Fsp3) is 0.333. The van der Waals surface area contributed by atoms with Crippen LogP contribution in [-0.2, 0) is 11.2 Å². The van der Waals surface area contributed by atoms with Gasteiger partial charge in [0.15, 0.2) is 0 Å². The van der Waals surface area contributed by atoms with Gasteiger partial charge < -0.3 is 15.2 Å². The average Bonchev–Trinajstić information content (AvgIpc) is 3.10. The Morgan fingerprint density at radius 1 is 1.15 bits per heavy atom.